The van der Waals surface area contributed by atoms with Crippen molar-refractivity contribution in [2.24, 2.45) is 11.3 Å². The number of tetrazole rings is 1. The first-order valence-corrected chi connectivity index (χ1v) is 6.79. The number of nitrogens with zero attached hydrogens (tertiary/aromatic N) is 4. The Kier molecular flexibility index (Phi) is 5.26. The molecular weight excluding hydrogens is 226 g/mol. The van der Waals surface area contributed by atoms with Gasteiger partial charge in [0.05, 0.1) is 6.04 Å². The highest BCUT2D eigenvalue weighted by Gasteiger charge is 2.17. The minimum Gasteiger partial charge on any atom is -0.307 e. The molecule has 1 heterocycles. The Morgan fingerprint density at radius 2 is 1.89 bits per heavy atom. The Labute approximate surface area is 110 Å². The lowest BCUT2D eigenvalue weighted by atomic mass is 9.92. The van der Waals surface area contributed by atoms with Crippen molar-refractivity contribution < 1.29 is 0 Å². The fraction of sp³-hybridized carbons (Fsp3) is 0.923. The van der Waals surface area contributed by atoms with Crippen LogP contribution in [0.1, 0.15) is 59.8 Å². The predicted molar refractivity (Wildman–Crippen MR) is 73.1 cm³/mol. The van der Waals surface area contributed by atoms with Crippen molar-refractivity contribution in [3.63, 3.8) is 0 Å². The highest BCUT2D eigenvalue weighted by atomic mass is 15.5. The summed E-state index contributed by atoms with van der Waals surface area (Å²) < 4.78 is 1.92. The summed E-state index contributed by atoms with van der Waals surface area (Å²) in [6, 6.07) is 0.197. The molecule has 0 aromatic carbocycles. The molecule has 5 nitrogen and oxygen atoms in total. The molecule has 18 heavy (non-hydrogen) atoms. The van der Waals surface area contributed by atoms with E-state index in [2.05, 4.69) is 62.4 Å². The van der Waals surface area contributed by atoms with Gasteiger partial charge in [0.25, 0.3) is 0 Å². The maximum Gasteiger partial charge on any atom is 0.167 e. The number of hydrogen-bond acceptors (Lipinski definition) is 4. The number of rotatable bonds is 6. The minimum atomic E-state index is 0.197. The van der Waals surface area contributed by atoms with Crippen LogP contribution in [-0.2, 0) is 6.54 Å². The van der Waals surface area contributed by atoms with E-state index in [1.807, 2.05) is 4.68 Å². The third-order valence-electron chi connectivity index (χ3n) is 2.85. The normalized spacial score (nSPS) is 14.2. The van der Waals surface area contributed by atoms with Gasteiger partial charge >= 0.3 is 0 Å². The fourth-order valence-electron chi connectivity index (χ4n) is 1.63. The zero-order chi connectivity index (χ0) is 13.8. The Bertz CT molecular complexity index is 351. The van der Waals surface area contributed by atoms with Crippen molar-refractivity contribution >= 4 is 0 Å². The summed E-state index contributed by atoms with van der Waals surface area (Å²) >= 11 is 0. The Hall–Kier alpha value is -0.970. The standard InChI is InChI=1S/C13H27N5/c1-10(2)9-14-11(3)12-15-16-17-18(12)8-7-13(4,5)6/h10-11,14H,7-9H2,1-6H3. The summed E-state index contributed by atoms with van der Waals surface area (Å²) in [6.07, 6.45) is 1.07. The topological polar surface area (TPSA) is 55.6 Å². The summed E-state index contributed by atoms with van der Waals surface area (Å²) in [4.78, 5) is 0. The molecule has 104 valence electrons. The molecule has 0 fully saturated rings. The van der Waals surface area contributed by atoms with Crippen molar-refractivity contribution in [2.75, 3.05) is 6.54 Å². The molecule has 1 N–H and O–H groups in total. The summed E-state index contributed by atoms with van der Waals surface area (Å²) in [7, 11) is 0. The Balaban J connectivity index is 2.58. The predicted octanol–water partition coefficient (Wildman–Crippen LogP) is 2.42. The lowest BCUT2D eigenvalue weighted by molar-refractivity contribution is 0.330. The monoisotopic (exact) mass is 253 g/mol. The van der Waals surface area contributed by atoms with Crippen LogP contribution in [0.2, 0.25) is 0 Å². The molecule has 1 atom stereocenters. The Morgan fingerprint density at radius 1 is 1.22 bits per heavy atom. The molecule has 1 unspecified atom stereocenters. The lowest BCUT2D eigenvalue weighted by Gasteiger charge is -2.19. The first-order chi connectivity index (χ1) is 8.29. The molecule has 0 aliphatic heterocycles. The van der Waals surface area contributed by atoms with E-state index >= 15 is 0 Å². The van der Waals surface area contributed by atoms with Gasteiger partial charge in [0.15, 0.2) is 5.82 Å². The Morgan fingerprint density at radius 3 is 2.44 bits per heavy atom. The average molecular weight is 253 g/mol. The molecule has 0 aliphatic carbocycles. The van der Waals surface area contributed by atoms with Crippen LogP contribution in [0.5, 0.6) is 0 Å². The summed E-state index contributed by atoms with van der Waals surface area (Å²) in [6.45, 7) is 15.1. The minimum absolute atomic E-state index is 0.197. The smallest absolute Gasteiger partial charge is 0.167 e. The zero-order valence-corrected chi connectivity index (χ0v) is 12.6. The van der Waals surface area contributed by atoms with Crippen molar-refractivity contribution in [1.29, 1.82) is 0 Å². The molecule has 0 saturated carbocycles. The molecule has 1 rings (SSSR count). The zero-order valence-electron chi connectivity index (χ0n) is 12.6. The summed E-state index contributed by atoms with van der Waals surface area (Å²) in [5.41, 5.74) is 0.303. The average Bonchev–Trinajstić information content (AvgIpc) is 2.70. The van der Waals surface area contributed by atoms with Gasteiger partial charge in [-0.1, -0.05) is 34.6 Å². The third-order valence-corrected chi connectivity index (χ3v) is 2.85. The second kappa shape index (κ2) is 6.27. The van der Waals surface area contributed by atoms with Crippen LogP contribution < -0.4 is 5.32 Å². The quantitative estimate of drug-likeness (QED) is 0.846. The van der Waals surface area contributed by atoms with Gasteiger partial charge in [-0.2, -0.15) is 0 Å². The van der Waals surface area contributed by atoms with Gasteiger partial charge in [-0.25, -0.2) is 4.68 Å². The van der Waals surface area contributed by atoms with Crippen LogP contribution >= 0.6 is 0 Å². The number of hydrogen-bond donors (Lipinski definition) is 1. The number of aromatic nitrogens is 4. The molecule has 0 aliphatic rings. The highest BCUT2D eigenvalue weighted by molar-refractivity contribution is 4.89. The molecule has 0 bridgehead atoms. The maximum atomic E-state index is 4.13. The van der Waals surface area contributed by atoms with Gasteiger partial charge in [0.2, 0.25) is 0 Å². The van der Waals surface area contributed by atoms with E-state index in [-0.39, 0.29) is 6.04 Å². The second-order valence-electron chi connectivity index (χ2n) is 6.59. The van der Waals surface area contributed by atoms with E-state index in [1.54, 1.807) is 0 Å². The van der Waals surface area contributed by atoms with E-state index in [9.17, 15) is 0 Å². The van der Waals surface area contributed by atoms with Crippen LogP contribution in [0.25, 0.3) is 0 Å². The van der Waals surface area contributed by atoms with E-state index in [1.165, 1.54) is 0 Å². The molecule has 5 heteroatoms. The van der Waals surface area contributed by atoms with E-state index < -0.39 is 0 Å². The molecule has 1 aromatic heterocycles. The number of nitrogens with one attached hydrogen (secondary N) is 1. The van der Waals surface area contributed by atoms with Crippen LogP contribution in [0.3, 0.4) is 0 Å². The fourth-order valence-corrected chi connectivity index (χ4v) is 1.63. The van der Waals surface area contributed by atoms with Crippen LogP contribution in [0.15, 0.2) is 0 Å². The van der Waals surface area contributed by atoms with Gasteiger partial charge in [-0.15, -0.1) is 5.10 Å². The number of aryl methyl sites for hydroxylation is 1. The second-order valence-corrected chi connectivity index (χ2v) is 6.59. The van der Waals surface area contributed by atoms with E-state index in [0.29, 0.717) is 11.3 Å². The van der Waals surface area contributed by atoms with Crippen molar-refractivity contribution in [1.82, 2.24) is 25.5 Å². The third kappa shape index (κ3) is 5.12. The molecule has 0 saturated heterocycles. The lowest BCUT2D eigenvalue weighted by Crippen LogP contribution is -2.26. The van der Waals surface area contributed by atoms with Gasteiger partial charge in [0, 0.05) is 6.54 Å². The maximum absolute atomic E-state index is 4.13. The first-order valence-electron chi connectivity index (χ1n) is 6.79. The SMILES string of the molecule is CC(C)CNC(C)c1nnnn1CCC(C)(C)C. The van der Waals surface area contributed by atoms with Crippen molar-refractivity contribution in [2.45, 2.75) is 60.5 Å². The van der Waals surface area contributed by atoms with Gasteiger partial charge < -0.3 is 5.32 Å². The molecule has 0 spiro atoms. The van der Waals surface area contributed by atoms with E-state index in [4.69, 9.17) is 0 Å². The molecule has 0 amide bonds. The first kappa shape index (κ1) is 15.1. The van der Waals surface area contributed by atoms with Crippen molar-refractivity contribution in [3.8, 4) is 0 Å². The van der Waals surface area contributed by atoms with Gasteiger partial charge in [0.1, 0.15) is 0 Å². The van der Waals surface area contributed by atoms with Crippen LogP contribution in [0, 0.1) is 11.3 Å². The van der Waals surface area contributed by atoms with Crippen LogP contribution in [-0.4, -0.2) is 26.8 Å². The summed E-state index contributed by atoms with van der Waals surface area (Å²) in [5.74, 6) is 1.56. The van der Waals surface area contributed by atoms with Gasteiger partial charge in [-0.3, -0.25) is 0 Å². The largest absolute Gasteiger partial charge is 0.307 e. The van der Waals surface area contributed by atoms with E-state index in [0.717, 1.165) is 25.3 Å². The highest BCUT2D eigenvalue weighted by Crippen LogP contribution is 2.20. The van der Waals surface area contributed by atoms with Gasteiger partial charge in [-0.05, 0) is 41.6 Å². The molecule has 1 aromatic rings. The van der Waals surface area contributed by atoms with Crippen molar-refractivity contribution in [3.05, 3.63) is 5.82 Å². The summed E-state index contributed by atoms with van der Waals surface area (Å²) in [5, 5.41) is 15.5. The molecular formula is C13H27N5. The van der Waals surface area contributed by atoms with Crippen LogP contribution in [0.4, 0.5) is 0 Å². The molecule has 0 radical (unpaired) electrons.